The Bertz CT molecular complexity index is 611. The van der Waals surface area contributed by atoms with Gasteiger partial charge in [-0.05, 0) is 37.3 Å². The summed E-state index contributed by atoms with van der Waals surface area (Å²) in [5, 5.41) is 8.91. The standard InChI is InChI=1S/C14H14N2O3/c1-9-3-2-4-11(16-9)8-19-13-7-10(14(17)18)5-6-12(13)15/h2-7H,8,15H2,1H3,(H,17,18). The van der Waals surface area contributed by atoms with E-state index in [4.69, 9.17) is 15.6 Å². The number of ether oxygens (including phenoxy) is 1. The van der Waals surface area contributed by atoms with Crippen molar-refractivity contribution in [2.75, 3.05) is 5.73 Å². The number of hydrogen-bond donors (Lipinski definition) is 2. The second-order valence-corrected chi connectivity index (χ2v) is 4.12. The SMILES string of the molecule is Cc1cccc(COc2cc(C(=O)O)ccc2N)n1. The molecule has 0 saturated carbocycles. The first-order valence-electron chi connectivity index (χ1n) is 5.74. The van der Waals surface area contributed by atoms with Crippen LogP contribution in [0.15, 0.2) is 36.4 Å². The van der Waals surface area contributed by atoms with E-state index in [1.807, 2.05) is 25.1 Å². The van der Waals surface area contributed by atoms with E-state index >= 15 is 0 Å². The molecule has 1 heterocycles. The van der Waals surface area contributed by atoms with Crippen LogP contribution >= 0.6 is 0 Å². The molecule has 0 aliphatic heterocycles. The summed E-state index contributed by atoms with van der Waals surface area (Å²) in [6.45, 7) is 2.14. The zero-order valence-corrected chi connectivity index (χ0v) is 10.5. The molecule has 98 valence electrons. The Hall–Kier alpha value is -2.56. The number of carboxylic acids is 1. The highest BCUT2D eigenvalue weighted by atomic mass is 16.5. The molecule has 0 spiro atoms. The fourth-order valence-corrected chi connectivity index (χ4v) is 1.62. The number of nitrogen functional groups attached to an aromatic ring is 1. The molecule has 5 nitrogen and oxygen atoms in total. The summed E-state index contributed by atoms with van der Waals surface area (Å²) in [6, 6.07) is 9.98. The van der Waals surface area contributed by atoms with Gasteiger partial charge in [-0.3, -0.25) is 4.98 Å². The van der Waals surface area contributed by atoms with Crippen LogP contribution in [0.1, 0.15) is 21.7 Å². The molecule has 3 N–H and O–H groups in total. The molecule has 0 aliphatic rings. The molecule has 1 aromatic heterocycles. The Labute approximate surface area is 110 Å². The summed E-state index contributed by atoms with van der Waals surface area (Å²) in [5.74, 6) is -0.665. The third-order valence-corrected chi connectivity index (χ3v) is 2.58. The predicted octanol–water partition coefficient (Wildman–Crippen LogP) is 2.25. The molecule has 0 radical (unpaired) electrons. The Kier molecular flexibility index (Phi) is 3.66. The number of pyridine rings is 1. The summed E-state index contributed by atoms with van der Waals surface area (Å²) in [5.41, 5.74) is 7.95. The maximum Gasteiger partial charge on any atom is 0.335 e. The highest BCUT2D eigenvalue weighted by Crippen LogP contribution is 2.23. The van der Waals surface area contributed by atoms with Crippen molar-refractivity contribution in [1.29, 1.82) is 0 Å². The Balaban J connectivity index is 2.15. The number of aryl methyl sites for hydroxylation is 1. The van der Waals surface area contributed by atoms with Crippen LogP contribution in [0.25, 0.3) is 0 Å². The average Bonchev–Trinajstić information content (AvgIpc) is 2.37. The largest absolute Gasteiger partial charge is 0.485 e. The van der Waals surface area contributed by atoms with Gasteiger partial charge in [0.15, 0.2) is 0 Å². The van der Waals surface area contributed by atoms with Crippen molar-refractivity contribution in [2.45, 2.75) is 13.5 Å². The van der Waals surface area contributed by atoms with Gasteiger partial charge in [-0.15, -0.1) is 0 Å². The minimum absolute atomic E-state index is 0.140. The molecule has 1 aromatic carbocycles. The summed E-state index contributed by atoms with van der Waals surface area (Å²) >= 11 is 0. The zero-order chi connectivity index (χ0) is 13.8. The summed E-state index contributed by atoms with van der Waals surface area (Å²) in [7, 11) is 0. The highest BCUT2D eigenvalue weighted by molar-refractivity contribution is 5.89. The molecular formula is C14H14N2O3. The Morgan fingerprint density at radius 1 is 1.37 bits per heavy atom. The molecule has 5 heteroatoms. The van der Waals surface area contributed by atoms with Crippen molar-refractivity contribution >= 4 is 11.7 Å². The van der Waals surface area contributed by atoms with Crippen LogP contribution in [-0.4, -0.2) is 16.1 Å². The van der Waals surface area contributed by atoms with Crippen LogP contribution in [0.5, 0.6) is 5.75 Å². The topological polar surface area (TPSA) is 85.4 Å². The van der Waals surface area contributed by atoms with Gasteiger partial charge >= 0.3 is 5.97 Å². The number of anilines is 1. The van der Waals surface area contributed by atoms with Gasteiger partial charge in [0.25, 0.3) is 0 Å². The van der Waals surface area contributed by atoms with Crippen molar-refractivity contribution < 1.29 is 14.6 Å². The van der Waals surface area contributed by atoms with Gasteiger partial charge in [-0.25, -0.2) is 4.79 Å². The molecular weight excluding hydrogens is 244 g/mol. The van der Waals surface area contributed by atoms with Crippen molar-refractivity contribution in [3.63, 3.8) is 0 Å². The number of hydrogen-bond acceptors (Lipinski definition) is 4. The second kappa shape index (κ2) is 5.39. The van der Waals surface area contributed by atoms with Crippen LogP contribution in [0.2, 0.25) is 0 Å². The van der Waals surface area contributed by atoms with Crippen molar-refractivity contribution in [2.24, 2.45) is 0 Å². The molecule has 0 bridgehead atoms. The van der Waals surface area contributed by atoms with Gasteiger partial charge in [-0.1, -0.05) is 6.07 Å². The first-order valence-corrected chi connectivity index (χ1v) is 5.74. The second-order valence-electron chi connectivity index (χ2n) is 4.12. The van der Waals surface area contributed by atoms with E-state index in [1.54, 1.807) is 0 Å². The van der Waals surface area contributed by atoms with Gasteiger partial charge in [-0.2, -0.15) is 0 Å². The molecule has 19 heavy (non-hydrogen) atoms. The molecule has 0 amide bonds. The average molecular weight is 258 g/mol. The van der Waals surface area contributed by atoms with Gasteiger partial charge in [0.2, 0.25) is 0 Å². The minimum atomic E-state index is -1.02. The number of carbonyl (C=O) groups is 1. The molecule has 0 atom stereocenters. The van der Waals surface area contributed by atoms with E-state index in [-0.39, 0.29) is 12.2 Å². The Morgan fingerprint density at radius 3 is 2.84 bits per heavy atom. The molecule has 0 fully saturated rings. The first-order chi connectivity index (χ1) is 9.06. The molecule has 0 unspecified atom stereocenters. The van der Waals surface area contributed by atoms with E-state index in [9.17, 15) is 4.79 Å². The smallest absolute Gasteiger partial charge is 0.335 e. The van der Waals surface area contributed by atoms with Crippen LogP contribution in [0.3, 0.4) is 0 Å². The molecule has 0 aliphatic carbocycles. The third kappa shape index (κ3) is 3.22. The lowest BCUT2D eigenvalue weighted by Crippen LogP contribution is -2.03. The van der Waals surface area contributed by atoms with Crippen LogP contribution in [-0.2, 0) is 6.61 Å². The van der Waals surface area contributed by atoms with Gasteiger partial charge in [0.1, 0.15) is 12.4 Å². The third-order valence-electron chi connectivity index (χ3n) is 2.58. The highest BCUT2D eigenvalue weighted by Gasteiger charge is 2.08. The number of benzene rings is 1. The first kappa shape index (κ1) is 12.9. The molecule has 0 saturated heterocycles. The van der Waals surface area contributed by atoms with Crippen LogP contribution in [0.4, 0.5) is 5.69 Å². The molecule has 2 rings (SSSR count). The van der Waals surface area contributed by atoms with Crippen LogP contribution in [0, 0.1) is 6.92 Å². The maximum atomic E-state index is 10.9. The minimum Gasteiger partial charge on any atom is -0.485 e. The van der Waals surface area contributed by atoms with Gasteiger partial charge < -0.3 is 15.6 Å². The number of carboxylic acid groups (broad SMARTS) is 1. The number of nitrogens with zero attached hydrogens (tertiary/aromatic N) is 1. The lowest BCUT2D eigenvalue weighted by atomic mass is 10.2. The van der Waals surface area contributed by atoms with Gasteiger partial charge in [0.05, 0.1) is 16.9 Å². The van der Waals surface area contributed by atoms with E-state index in [1.165, 1.54) is 18.2 Å². The van der Waals surface area contributed by atoms with E-state index in [0.29, 0.717) is 11.4 Å². The molecule has 2 aromatic rings. The van der Waals surface area contributed by atoms with E-state index in [2.05, 4.69) is 4.98 Å². The lowest BCUT2D eigenvalue weighted by molar-refractivity contribution is 0.0696. The quantitative estimate of drug-likeness (QED) is 0.821. The van der Waals surface area contributed by atoms with Crippen molar-refractivity contribution in [1.82, 2.24) is 4.98 Å². The van der Waals surface area contributed by atoms with Crippen LogP contribution < -0.4 is 10.5 Å². The van der Waals surface area contributed by atoms with E-state index in [0.717, 1.165) is 11.4 Å². The summed E-state index contributed by atoms with van der Waals surface area (Å²) in [6.07, 6.45) is 0. The number of aromatic nitrogens is 1. The Morgan fingerprint density at radius 2 is 2.16 bits per heavy atom. The normalized spacial score (nSPS) is 10.2. The maximum absolute atomic E-state index is 10.9. The number of aromatic carboxylic acids is 1. The summed E-state index contributed by atoms with van der Waals surface area (Å²) < 4.78 is 5.52. The monoisotopic (exact) mass is 258 g/mol. The summed E-state index contributed by atoms with van der Waals surface area (Å²) in [4.78, 5) is 15.2. The fourth-order valence-electron chi connectivity index (χ4n) is 1.62. The number of rotatable bonds is 4. The van der Waals surface area contributed by atoms with Crippen molar-refractivity contribution in [3.8, 4) is 5.75 Å². The number of nitrogens with two attached hydrogens (primary N) is 1. The van der Waals surface area contributed by atoms with Crippen molar-refractivity contribution in [3.05, 3.63) is 53.3 Å². The predicted molar refractivity (Wildman–Crippen MR) is 71.1 cm³/mol. The van der Waals surface area contributed by atoms with Gasteiger partial charge in [0, 0.05) is 5.69 Å². The van der Waals surface area contributed by atoms with E-state index < -0.39 is 5.97 Å². The fraction of sp³-hybridized carbons (Fsp3) is 0.143. The zero-order valence-electron chi connectivity index (χ0n) is 10.5. The lowest BCUT2D eigenvalue weighted by Gasteiger charge is -2.09.